The second-order valence-corrected chi connectivity index (χ2v) is 1.35. The Morgan fingerprint density at radius 1 is 1.86 bits per heavy atom. The summed E-state index contributed by atoms with van der Waals surface area (Å²) in [5.41, 5.74) is 0. The molecular formula is C5H10N2. The molecule has 0 aromatic carbocycles. The molecule has 0 unspecified atom stereocenters. The average molecular weight is 98.1 g/mol. The molecule has 0 spiro atoms. The zero-order chi connectivity index (χ0) is 5.70. The van der Waals surface area contributed by atoms with E-state index in [2.05, 4.69) is 11.7 Å². The van der Waals surface area contributed by atoms with Crippen LogP contribution in [0.3, 0.4) is 0 Å². The van der Waals surface area contributed by atoms with E-state index in [0.717, 1.165) is 12.8 Å². The molecule has 0 saturated carbocycles. The second kappa shape index (κ2) is 3.53. The molecule has 0 bridgehead atoms. The molecule has 0 atom stereocenters. The first kappa shape index (κ1) is 6.34. The normalized spacial score (nSPS) is 8.14. The molecule has 0 radical (unpaired) electrons. The molecule has 0 saturated heterocycles. The van der Waals surface area contributed by atoms with E-state index in [0.29, 0.717) is 5.84 Å². The van der Waals surface area contributed by atoms with Crippen LogP contribution < -0.4 is 0 Å². The van der Waals surface area contributed by atoms with Gasteiger partial charge in [0.2, 0.25) is 0 Å². The zero-order valence-electron chi connectivity index (χ0n) is 4.57. The largest absolute Gasteiger partial charge is 0.287 e. The summed E-state index contributed by atoms with van der Waals surface area (Å²) in [7, 11) is 0. The molecule has 0 fully saturated rings. The monoisotopic (exact) mass is 98.1 g/mol. The van der Waals surface area contributed by atoms with E-state index in [-0.39, 0.29) is 0 Å². The van der Waals surface area contributed by atoms with Crippen molar-refractivity contribution in [2.75, 3.05) is 0 Å². The molecule has 0 aromatic rings. The van der Waals surface area contributed by atoms with Gasteiger partial charge in [0, 0.05) is 6.42 Å². The van der Waals surface area contributed by atoms with Gasteiger partial charge < -0.3 is 0 Å². The Kier molecular flexibility index (Phi) is 3.19. The van der Waals surface area contributed by atoms with Crippen molar-refractivity contribution in [2.45, 2.75) is 19.8 Å². The zero-order valence-corrected chi connectivity index (χ0v) is 4.57. The maximum Gasteiger partial charge on any atom is 0.119 e. The van der Waals surface area contributed by atoms with Crippen molar-refractivity contribution in [1.29, 1.82) is 5.41 Å². The van der Waals surface area contributed by atoms with E-state index in [1.54, 1.807) is 0 Å². The Balaban J connectivity index is 3.17. The van der Waals surface area contributed by atoms with Crippen LogP contribution in [0.1, 0.15) is 19.8 Å². The molecule has 2 heteroatoms. The minimum Gasteiger partial charge on any atom is -0.287 e. The van der Waals surface area contributed by atoms with Crippen LogP contribution in [0.5, 0.6) is 0 Å². The number of nitrogens with zero attached hydrogens (tertiary/aromatic N) is 1. The van der Waals surface area contributed by atoms with Crippen molar-refractivity contribution in [2.24, 2.45) is 4.99 Å². The minimum absolute atomic E-state index is 0.391. The van der Waals surface area contributed by atoms with Crippen molar-refractivity contribution in [3.63, 3.8) is 0 Å². The maximum atomic E-state index is 6.91. The van der Waals surface area contributed by atoms with Gasteiger partial charge in [0.15, 0.2) is 0 Å². The summed E-state index contributed by atoms with van der Waals surface area (Å²) in [6.45, 7) is 5.22. The van der Waals surface area contributed by atoms with Gasteiger partial charge in [-0.2, -0.15) is 0 Å². The van der Waals surface area contributed by atoms with E-state index in [4.69, 9.17) is 5.41 Å². The smallest absolute Gasteiger partial charge is 0.119 e. The van der Waals surface area contributed by atoms with E-state index in [1.165, 1.54) is 0 Å². The van der Waals surface area contributed by atoms with Crippen LogP contribution in [0.4, 0.5) is 0 Å². The van der Waals surface area contributed by atoms with Gasteiger partial charge >= 0.3 is 0 Å². The quantitative estimate of drug-likeness (QED) is 0.401. The predicted molar refractivity (Wildman–Crippen MR) is 32.2 cm³/mol. The number of hydrogen-bond acceptors (Lipinski definition) is 1. The highest BCUT2D eigenvalue weighted by Crippen LogP contribution is 1.87. The highest BCUT2D eigenvalue weighted by atomic mass is 14.8. The first-order valence-electron chi connectivity index (χ1n) is 2.35. The fourth-order valence-corrected chi connectivity index (χ4v) is 0.316. The Morgan fingerprint density at radius 2 is 2.43 bits per heavy atom. The molecule has 0 aliphatic carbocycles. The van der Waals surface area contributed by atoms with Crippen LogP contribution in [0.15, 0.2) is 4.99 Å². The lowest BCUT2D eigenvalue weighted by atomic mass is 10.3. The molecule has 7 heavy (non-hydrogen) atoms. The van der Waals surface area contributed by atoms with Gasteiger partial charge in [0.25, 0.3) is 0 Å². The van der Waals surface area contributed by atoms with Gasteiger partial charge in [-0.05, 0) is 13.1 Å². The standard InChI is InChI=1S/C5H10N2/c1-3-4-5(6)7-2/h6H,2-4H2,1H3. The van der Waals surface area contributed by atoms with Crippen LogP contribution in [-0.4, -0.2) is 12.6 Å². The fourth-order valence-electron chi connectivity index (χ4n) is 0.316. The SMILES string of the molecule is C=NC(=N)CCC. The number of nitrogens with one attached hydrogen (secondary N) is 1. The van der Waals surface area contributed by atoms with E-state index < -0.39 is 0 Å². The molecular weight excluding hydrogens is 88.1 g/mol. The maximum absolute atomic E-state index is 6.91. The van der Waals surface area contributed by atoms with Crippen LogP contribution in [0.25, 0.3) is 0 Å². The third-order valence-electron chi connectivity index (χ3n) is 0.678. The topological polar surface area (TPSA) is 36.2 Å². The summed E-state index contributed by atoms with van der Waals surface area (Å²) in [5.74, 6) is 0.391. The van der Waals surface area contributed by atoms with E-state index in [9.17, 15) is 0 Å². The number of hydrogen-bond donors (Lipinski definition) is 1. The van der Waals surface area contributed by atoms with Crippen molar-refractivity contribution in [1.82, 2.24) is 0 Å². The van der Waals surface area contributed by atoms with Crippen LogP contribution in [0.2, 0.25) is 0 Å². The highest BCUT2D eigenvalue weighted by Gasteiger charge is 1.83. The molecule has 2 nitrogen and oxygen atoms in total. The minimum atomic E-state index is 0.391. The Morgan fingerprint density at radius 3 is 2.57 bits per heavy atom. The van der Waals surface area contributed by atoms with Crippen LogP contribution in [0, 0.1) is 5.41 Å². The predicted octanol–water partition coefficient (Wildman–Crippen LogP) is 1.46. The molecule has 0 heterocycles. The Hall–Kier alpha value is -0.660. The summed E-state index contributed by atoms with van der Waals surface area (Å²) in [4.78, 5) is 3.41. The molecule has 0 aliphatic rings. The molecule has 0 amide bonds. The Labute approximate surface area is 43.8 Å². The van der Waals surface area contributed by atoms with Crippen molar-refractivity contribution in [3.05, 3.63) is 0 Å². The van der Waals surface area contributed by atoms with E-state index >= 15 is 0 Å². The highest BCUT2D eigenvalue weighted by molar-refractivity contribution is 5.83. The number of rotatable bonds is 2. The van der Waals surface area contributed by atoms with Gasteiger partial charge in [-0.1, -0.05) is 6.92 Å². The lowest BCUT2D eigenvalue weighted by Crippen LogP contribution is -1.86. The van der Waals surface area contributed by atoms with Gasteiger partial charge in [-0.15, -0.1) is 0 Å². The molecule has 40 valence electrons. The third kappa shape index (κ3) is 3.16. The third-order valence-corrected chi connectivity index (χ3v) is 0.678. The van der Waals surface area contributed by atoms with Gasteiger partial charge in [0.1, 0.15) is 5.84 Å². The van der Waals surface area contributed by atoms with Crippen LogP contribution in [-0.2, 0) is 0 Å². The lowest BCUT2D eigenvalue weighted by Gasteiger charge is -1.86. The van der Waals surface area contributed by atoms with Crippen LogP contribution >= 0.6 is 0 Å². The summed E-state index contributed by atoms with van der Waals surface area (Å²) in [6.07, 6.45) is 1.74. The second-order valence-electron chi connectivity index (χ2n) is 1.35. The van der Waals surface area contributed by atoms with E-state index in [1.807, 2.05) is 6.92 Å². The Bertz CT molecular complexity index is 76.1. The lowest BCUT2D eigenvalue weighted by molar-refractivity contribution is 0.977. The van der Waals surface area contributed by atoms with Gasteiger partial charge in [-0.25, -0.2) is 4.99 Å². The fraction of sp³-hybridized carbons (Fsp3) is 0.600. The van der Waals surface area contributed by atoms with Crippen molar-refractivity contribution in [3.8, 4) is 0 Å². The summed E-state index contributed by atoms with van der Waals surface area (Å²) in [5, 5.41) is 6.91. The molecule has 0 aliphatic heterocycles. The van der Waals surface area contributed by atoms with Crippen molar-refractivity contribution >= 4 is 12.6 Å². The summed E-state index contributed by atoms with van der Waals surface area (Å²) in [6, 6.07) is 0. The first-order valence-corrected chi connectivity index (χ1v) is 2.35. The van der Waals surface area contributed by atoms with Crippen molar-refractivity contribution < 1.29 is 0 Å². The molecule has 1 N–H and O–H groups in total. The molecule has 0 rings (SSSR count). The molecule has 0 aromatic heterocycles. The summed E-state index contributed by atoms with van der Waals surface area (Å²) < 4.78 is 0. The number of amidine groups is 1. The summed E-state index contributed by atoms with van der Waals surface area (Å²) >= 11 is 0. The first-order chi connectivity index (χ1) is 3.31. The van der Waals surface area contributed by atoms with Gasteiger partial charge in [0.05, 0.1) is 0 Å². The van der Waals surface area contributed by atoms with Gasteiger partial charge in [-0.3, -0.25) is 5.41 Å². The number of aliphatic imine (C=N–C) groups is 1. The average Bonchev–Trinajstić information content (AvgIpc) is 1.68.